The molecular weight excluding hydrogens is 218 g/mol. The zero-order valence-corrected chi connectivity index (χ0v) is 11.1. The van der Waals surface area contributed by atoms with Gasteiger partial charge < -0.3 is 15.2 Å². The summed E-state index contributed by atoms with van der Waals surface area (Å²) in [4.78, 5) is 11.4. The van der Waals surface area contributed by atoms with Crippen LogP contribution in [0.4, 0.5) is 0 Å². The Bertz CT molecular complexity index is 245. The third kappa shape index (κ3) is 4.64. The van der Waals surface area contributed by atoms with Gasteiger partial charge in [0.2, 0.25) is 0 Å². The molecule has 0 aromatic heterocycles. The molecule has 0 aromatic rings. The van der Waals surface area contributed by atoms with Crippen LogP contribution in [0, 0.1) is 11.8 Å². The van der Waals surface area contributed by atoms with Crippen LogP contribution in [-0.4, -0.2) is 36.9 Å². The van der Waals surface area contributed by atoms with Crippen molar-refractivity contribution in [2.45, 2.75) is 51.7 Å². The summed E-state index contributed by atoms with van der Waals surface area (Å²) in [6.45, 7) is 4.75. The Morgan fingerprint density at radius 2 is 2.18 bits per heavy atom. The van der Waals surface area contributed by atoms with Crippen LogP contribution in [0.5, 0.6) is 0 Å². The second-order valence-corrected chi connectivity index (χ2v) is 5.20. The van der Waals surface area contributed by atoms with Crippen LogP contribution < -0.4 is 5.32 Å². The summed E-state index contributed by atoms with van der Waals surface area (Å²) in [7, 11) is 1.42. The van der Waals surface area contributed by atoms with Crippen molar-refractivity contribution in [3.8, 4) is 0 Å². The standard InChI is InChI=1S/C13H25NO3/c1-9(13(16)17-3)10(2)14-8-11-5-4-6-12(15)7-11/h9-12,14-15H,4-8H2,1-3H3. The molecule has 1 saturated carbocycles. The van der Waals surface area contributed by atoms with Gasteiger partial charge in [-0.1, -0.05) is 13.3 Å². The number of methoxy groups -OCH3 is 1. The van der Waals surface area contributed by atoms with Gasteiger partial charge in [-0.15, -0.1) is 0 Å². The zero-order chi connectivity index (χ0) is 12.8. The molecule has 4 atom stereocenters. The SMILES string of the molecule is COC(=O)C(C)C(C)NCC1CCCC(O)C1. The number of hydrogen-bond donors (Lipinski definition) is 2. The van der Waals surface area contributed by atoms with Crippen molar-refractivity contribution in [2.24, 2.45) is 11.8 Å². The molecule has 17 heavy (non-hydrogen) atoms. The molecule has 100 valence electrons. The van der Waals surface area contributed by atoms with Crippen LogP contribution >= 0.6 is 0 Å². The number of hydrogen-bond acceptors (Lipinski definition) is 4. The van der Waals surface area contributed by atoms with Crippen molar-refractivity contribution >= 4 is 5.97 Å². The molecule has 4 nitrogen and oxygen atoms in total. The van der Waals surface area contributed by atoms with Crippen molar-refractivity contribution < 1.29 is 14.6 Å². The van der Waals surface area contributed by atoms with E-state index in [9.17, 15) is 9.90 Å². The molecule has 4 heteroatoms. The maximum Gasteiger partial charge on any atom is 0.309 e. The predicted octanol–water partition coefficient (Wildman–Crippen LogP) is 1.32. The molecule has 1 aliphatic carbocycles. The van der Waals surface area contributed by atoms with Crippen molar-refractivity contribution in [3.63, 3.8) is 0 Å². The van der Waals surface area contributed by atoms with E-state index in [4.69, 9.17) is 4.74 Å². The van der Waals surface area contributed by atoms with E-state index in [1.165, 1.54) is 13.5 Å². The Kier molecular flexibility index (Phi) is 5.92. The van der Waals surface area contributed by atoms with E-state index in [0.29, 0.717) is 5.92 Å². The number of carbonyl (C=O) groups excluding carboxylic acids is 1. The van der Waals surface area contributed by atoms with Crippen molar-refractivity contribution in [1.82, 2.24) is 5.32 Å². The molecule has 1 rings (SSSR count). The smallest absolute Gasteiger partial charge is 0.309 e. The van der Waals surface area contributed by atoms with E-state index in [1.807, 2.05) is 13.8 Å². The lowest BCUT2D eigenvalue weighted by atomic mass is 9.87. The molecule has 0 radical (unpaired) electrons. The van der Waals surface area contributed by atoms with Gasteiger partial charge in [0.1, 0.15) is 0 Å². The molecule has 0 aliphatic heterocycles. The van der Waals surface area contributed by atoms with Gasteiger partial charge in [0.15, 0.2) is 0 Å². The fourth-order valence-corrected chi connectivity index (χ4v) is 2.37. The first-order valence-corrected chi connectivity index (χ1v) is 6.53. The molecular formula is C13H25NO3. The Hall–Kier alpha value is -0.610. The van der Waals surface area contributed by atoms with Gasteiger partial charge >= 0.3 is 5.97 Å². The van der Waals surface area contributed by atoms with Crippen LogP contribution in [0.2, 0.25) is 0 Å². The molecule has 0 amide bonds. The summed E-state index contributed by atoms with van der Waals surface area (Å²) in [5.74, 6) is 0.230. The summed E-state index contributed by atoms with van der Waals surface area (Å²) in [6, 6.07) is 0.113. The molecule has 0 saturated heterocycles. The second-order valence-electron chi connectivity index (χ2n) is 5.20. The van der Waals surface area contributed by atoms with Crippen LogP contribution in [0.15, 0.2) is 0 Å². The average Bonchev–Trinajstić information content (AvgIpc) is 2.34. The molecule has 0 aromatic carbocycles. The fraction of sp³-hybridized carbons (Fsp3) is 0.923. The lowest BCUT2D eigenvalue weighted by molar-refractivity contribution is -0.145. The Labute approximate surface area is 104 Å². The van der Waals surface area contributed by atoms with E-state index < -0.39 is 0 Å². The van der Waals surface area contributed by atoms with Crippen molar-refractivity contribution in [2.75, 3.05) is 13.7 Å². The van der Waals surface area contributed by atoms with E-state index >= 15 is 0 Å². The van der Waals surface area contributed by atoms with Crippen molar-refractivity contribution in [3.05, 3.63) is 0 Å². The fourth-order valence-electron chi connectivity index (χ4n) is 2.37. The summed E-state index contributed by atoms with van der Waals surface area (Å²) in [5, 5.41) is 13.0. The van der Waals surface area contributed by atoms with Crippen LogP contribution in [0.1, 0.15) is 39.5 Å². The lowest BCUT2D eigenvalue weighted by Crippen LogP contribution is -2.40. The van der Waals surface area contributed by atoms with Crippen LogP contribution in [0.25, 0.3) is 0 Å². The van der Waals surface area contributed by atoms with E-state index in [1.54, 1.807) is 0 Å². The van der Waals surface area contributed by atoms with Gasteiger partial charge in [-0.05, 0) is 38.6 Å². The quantitative estimate of drug-likeness (QED) is 0.715. The molecule has 1 fully saturated rings. The lowest BCUT2D eigenvalue weighted by Gasteiger charge is -2.28. The Morgan fingerprint density at radius 3 is 2.76 bits per heavy atom. The highest BCUT2D eigenvalue weighted by molar-refractivity contribution is 5.72. The number of aliphatic hydroxyl groups is 1. The first-order valence-electron chi connectivity index (χ1n) is 6.53. The number of nitrogens with one attached hydrogen (secondary N) is 1. The Balaban J connectivity index is 2.27. The van der Waals surface area contributed by atoms with Gasteiger partial charge in [0.25, 0.3) is 0 Å². The summed E-state index contributed by atoms with van der Waals surface area (Å²) < 4.78 is 4.72. The molecule has 2 N–H and O–H groups in total. The van der Waals surface area contributed by atoms with E-state index in [-0.39, 0.29) is 24.0 Å². The van der Waals surface area contributed by atoms with Gasteiger partial charge in [-0.2, -0.15) is 0 Å². The molecule has 4 unspecified atom stereocenters. The minimum atomic E-state index is -0.173. The summed E-state index contributed by atoms with van der Waals surface area (Å²) >= 11 is 0. The maximum atomic E-state index is 11.4. The first kappa shape index (κ1) is 14.5. The van der Waals surface area contributed by atoms with Crippen LogP contribution in [0.3, 0.4) is 0 Å². The number of rotatable bonds is 5. The largest absolute Gasteiger partial charge is 0.469 e. The highest BCUT2D eigenvalue weighted by atomic mass is 16.5. The normalized spacial score (nSPS) is 28.5. The van der Waals surface area contributed by atoms with E-state index in [2.05, 4.69) is 5.32 Å². The molecule has 0 heterocycles. The van der Waals surface area contributed by atoms with Gasteiger partial charge in [0, 0.05) is 6.04 Å². The number of ether oxygens (including phenoxy) is 1. The first-order chi connectivity index (χ1) is 8.04. The van der Waals surface area contributed by atoms with Gasteiger partial charge in [-0.3, -0.25) is 4.79 Å². The van der Waals surface area contributed by atoms with Gasteiger partial charge in [-0.25, -0.2) is 0 Å². The van der Waals surface area contributed by atoms with E-state index in [0.717, 1.165) is 25.8 Å². The third-order valence-electron chi connectivity index (χ3n) is 3.81. The topological polar surface area (TPSA) is 58.6 Å². The Morgan fingerprint density at radius 1 is 1.47 bits per heavy atom. The zero-order valence-electron chi connectivity index (χ0n) is 11.1. The average molecular weight is 243 g/mol. The van der Waals surface area contributed by atoms with Crippen LogP contribution in [-0.2, 0) is 9.53 Å². The molecule has 0 bridgehead atoms. The highest BCUT2D eigenvalue weighted by Crippen LogP contribution is 2.23. The van der Waals surface area contributed by atoms with Crippen molar-refractivity contribution in [1.29, 1.82) is 0 Å². The summed E-state index contributed by atoms with van der Waals surface area (Å²) in [6.07, 6.45) is 3.96. The minimum absolute atomic E-state index is 0.113. The second kappa shape index (κ2) is 6.97. The molecule has 0 spiro atoms. The number of carbonyl (C=O) groups is 1. The molecule has 1 aliphatic rings. The maximum absolute atomic E-state index is 11.4. The number of aliphatic hydroxyl groups excluding tert-OH is 1. The van der Waals surface area contributed by atoms with Gasteiger partial charge in [0.05, 0.1) is 19.1 Å². The predicted molar refractivity (Wildman–Crippen MR) is 66.6 cm³/mol. The highest BCUT2D eigenvalue weighted by Gasteiger charge is 2.24. The monoisotopic (exact) mass is 243 g/mol. The third-order valence-corrected chi connectivity index (χ3v) is 3.81. The minimum Gasteiger partial charge on any atom is -0.469 e. The number of esters is 1. The summed E-state index contributed by atoms with van der Waals surface area (Å²) in [5.41, 5.74) is 0.